The van der Waals surface area contributed by atoms with E-state index in [0.29, 0.717) is 22.4 Å². The van der Waals surface area contributed by atoms with Crippen molar-refractivity contribution in [3.8, 4) is 11.3 Å². The van der Waals surface area contributed by atoms with Gasteiger partial charge in [-0.2, -0.15) is 0 Å². The lowest BCUT2D eigenvalue weighted by Crippen LogP contribution is -2.22. The van der Waals surface area contributed by atoms with Gasteiger partial charge < -0.3 is 9.88 Å². The zero-order valence-electron chi connectivity index (χ0n) is 12.7. The van der Waals surface area contributed by atoms with Crippen LogP contribution >= 0.6 is 0 Å². The number of benzene rings is 1. The monoisotopic (exact) mass is 319 g/mol. The Kier molecular flexibility index (Phi) is 2.62. The number of aromatic amines is 1. The third-order valence-electron chi connectivity index (χ3n) is 4.81. The van der Waals surface area contributed by atoms with Crippen molar-refractivity contribution in [2.45, 2.75) is 18.9 Å². The smallest absolute Gasteiger partial charge is 0.275 e. The van der Waals surface area contributed by atoms with E-state index < -0.39 is 0 Å². The highest BCUT2D eigenvalue weighted by Crippen LogP contribution is 2.44. The molecule has 3 aromatic rings. The average molecular weight is 319 g/mol. The van der Waals surface area contributed by atoms with Crippen LogP contribution < -0.4 is 5.56 Å². The van der Waals surface area contributed by atoms with Gasteiger partial charge in [-0.1, -0.05) is 12.1 Å². The molecule has 24 heavy (non-hydrogen) atoms. The second kappa shape index (κ2) is 4.70. The number of hydrogen-bond donors (Lipinski definition) is 1. The quantitative estimate of drug-likeness (QED) is 0.736. The summed E-state index contributed by atoms with van der Waals surface area (Å²) in [5, 5.41) is 0. The van der Waals surface area contributed by atoms with E-state index in [2.05, 4.69) is 19.9 Å². The van der Waals surface area contributed by atoms with Crippen molar-refractivity contribution in [3.05, 3.63) is 52.2 Å². The number of rotatable bonds is 1. The number of aromatic nitrogens is 4. The van der Waals surface area contributed by atoms with Crippen molar-refractivity contribution in [3.63, 3.8) is 0 Å². The Morgan fingerprint density at radius 2 is 2.08 bits per heavy atom. The lowest BCUT2D eigenvalue weighted by molar-refractivity contribution is 0.0776. The van der Waals surface area contributed by atoms with Gasteiger partial charge in [0.15, 0.2) is 5.65 Å². The van der Waals surface area contributed by atoms with E-state index in [4.69, 9.17) is 0 Å². The normalized spacial score (nSPS) is 18.9. The fourth-order valence-corrected chi connectivity index (χ4v) is 3.80. The molecule has 7 nitrogen and oxygen atoms in total. The summed E-state index contributed by atoms with van der Waals surface area (Å²) in [4.78, 5) is 42.2. The number of hydrogen-bond acceptors (Lipinski definition) is 5. The lowest BCUT2D eigenvalue weighted by atomic mass is 9.94. The highest BCUT2D eigenvalue weighted by Gasteiger charge is 2.41. The lowest BCUT2D eigenvalue weighted by Gasteiger charge is -2.16. The number of amides is 1. The van der Waals surface area contributed by atoms with Crippen LogP contribution in [0.25, 0.3) is 22.4 Å². The van der Waals surface area contributed by atoms with Gasteiger partial charge in [-0.3, -0.25) is 9.59 Å². The van der Waals surface area contributed by atoms with E-state index in [1.165, 1.54) is 12.5 Å². The van der Waals surface area contributed by atoms with Crippen molar-refractivity contribution in [1.82, 2.24) is 24.8 Å². The molecule has 2 aromatic heterocycles. The summed E-state index contributed by atoms with van der Waals surface area (Å²) in [5.41, 5.74) is 3.26. The molecular formula is C17H13N5O2. The van der Waals surface area contributed by atoms with Crippen LogP contribution in [0.5, 0.6) is 0 Å². The zero-order chi connectivity index (χ0) is 16.3. The highest BCUT2D eigenvalue weighted by atomic mass is 16.2. The molecule has 2 aliphatic rings. The van der Waals surface area contributed by atoms with Crippen LogP contribution in [-0.4, -0.2) is 37.3 Å². The van der Waals surface area contributed by atoms with Gasteiger partial charge in [0.25, 0.3) is 11.5 Å². The first-order valence-corrected chi connectivity index (χ1v) is 7.88. The van der Waals surface area contributed by atoms with Gasteiger partial charge in [-0.05, 0) is 24.5 Å². The minimum absolute atomic E-state index is 0.0472. The minimum Gasteiger partial charge on any atom is -0.332 e. The molecule has 0 saturated carbocycles. The maximum absolute atomic E-state index is 12.6. The van der Waals surface area contributed by atoms with E-state index in [0.717, 1.165) is 30.5 Å². The van der Waals surface area contributed by atoms with E-state index >= 15 is 0 Å². The molecule has 118 valence electrons. The molecule has 7 heteroatoms. The van der Waals surface area contributed by atoms with Gasteiger partial charge in [-0.15, -0.1) is 0 Å². The summed E-state index contributed by atoms with van der Waals surface area (Å²) in [6.45, 7) is 0.770. The Balaban J connectivity index is 1.79. The topological polar surface area (TPSA) is 91.8 Å². The Hall–Kier alpha value is -3.09. The van der Waals surface area contributed by atoms with Crippen LogP contribution in [0.3, 0.4) is 0 Å². The van der Waals surface area contributed by atoms with Gasteiger partial charge in [-0.25, -0.2) is 15.0 Å². The van der Waals surface area contributed by atoms with Crippen LogP contribution in [0.1, 0.15) is 34.8 Å². The molecule has 0 radical (unpaired) electrons. The maximum Gasteiger partial charge on any atom is 0.275 e. The molecule has 0 aliphatic carbocycles. The third-order valence-corrected chi connectivity index (χ3v) is 4.81. The second-order valence-corrected chi connectivity index (χ2v) is 6.10. The molecule has 1 amide bonds. The van der Waals surface area contributed by atoms with Crippen LogP contribution in [0, 0.1) is 0 Å². The largest absolute Gasteiger partial charge is 0.332 e. The first-order valence-electron chi connectivity index (χ1n) is 7.88. The number of carbonyl (C=O) groups excluding carboxylic acids is 1. The number of carbonyl (C=O) groups is 1. The van der Waals surface area contributed by atoms with E-state index in [-0.39, 0.29) is 17.5 Å². The third kappa shape index (κ3) is 1.69. The van der Waals surface area contributed by atoms with E-state index in [9.17, 15) is 9.59 Å². The van der Waals surface area contributed by atoms with Crippen molar-refractivity contribution in [2.75, 3.05) is 6.54 Å². The van der Waals surface area contributed by atoms with E-state index in [1.54, 1.807) is 6.07 Å². The minimum atomic E-state index is -0.297. The number of fused-ring (bicyclic) bond motifs is 4. The van der Waals surface area contributed by atoms with Crippen LogP contribution in [0.2, 0.25) is 0 Å². The molecular weight excluding hydrogens is 306 g/mol. The highest BCUT2D eigenvalue weighted by molar-refractivity contribution is 6.01. The van der Waals surface area contributed by atoms with Gasteiger partial charge >= 0.3 is 0 Å². The van der Waals surface area contributed by atoms with Gasteiger partial charge in [0.05, 0.1) is 12.2 Å². The molecule has 1 fully saturated rings. The van der Waals surface area contributed by atoms with Crippen molar-refractivity contribution in [2.24, 2.45) is 0 Å². The van der Waals surface area contributed by atoms with Crippen molar-refractivity contribution >= 4 is 17.1 Å². The summed E-state index contributed by atoms with van der Waals surface area (Å²) in [7, 11) is 0. The predicted molar refractivity (Wildman–Crippen MR) is 86.4 cm³/mol. The van der Waals surface area contributed by atoms with Crippen LogP contribution in [0.4, 0.5) is 0 Å². The van der Waals surface area contributed by atoms with Gasteiger partial charge in [0.1, 0.15) is 17.5 Å². The number of H-pyrrole nitrogens is 1. The predicted octanol–water partition coefficient (Wildman–Crippen LogP) is 1.67. The summed E-state index contributed by atoms with van der Waals surface area (Å²) in [6.07, 6.45) is 4.83. The van der Waals surface area contributed by atoms with Crippen molar-refractivity contribution < 1.29 is 4.79 Å². The molecule has 2 aliphatic heterocycles. The van der Waals surface area contributed by atoms with Crippen LogP contribution in [0.15, 0.2) is 35.5 Å². The fraction of sp³-hybridized carbons (Fsp3) is 0.235. The Morgan fingerprint density at radius 1 is 1.21 bits per heavy atom. The Bertz CT molecular complexity index is 1060. The Labute approximate surface area is 136 Å². The molecule has 1 N–H and O–H groups in total. The summed E-state index contributed by atoms with van der Waals surface area (Å²) >= 11 is 0. The fourth-order valence-electron chi connectivity index (χ4n) is 3.80. The second-order valence-electron chi connectivity index (χ2n) is 6.10. The first kappa shape index (κ1) is 13.4. The SMILES string of the molecule is O=C1c2cccc(-c3nc4ncncc4[nH]c3=O)c2C2CCCN12. The number of nitrogens with one attached hydrogen (secondary N) is 1. The van der Waals surface area contributed by atoms with Gasteiger partial charge in [0, 0.05) is 17.7 Å². The van der Waals surface area contributed by atoms with Gasteiger partial charge in [0.2, 0.25) is 0 Å². The average Bonchev–Trinajstić information content (AvgIpc) is 3.18. The summed E-state index contributed by atoms with van der Waals surface area (Å²) in [6, 6.07) is 5.54. The van der Waals surface area contributed by atoms with E-state index in [1.807, 2.05) is 17.0 Å². The molecule has 0 bridgehead atoms. The Morgan fingerprint density at radius 3 is 3.00 bits per heavy atom. The van der Waals surface area contributed by atoms with Crippen molar-refractivity contribution in [1.29, 1.82) is 0 Å². The summed E-state index contributed by atoms with van der Waals surface area (Å²) in [5.74, 6) is 0.0499. The maximum atomic E-state index is 12.6. The molecule has 1 aromatic carbocycles. The van der Waals surface area contributed by atoms with Crippen LogP contribution in [-0.2, 0) is 0 Å². The zero-order valence-corrected chi connectivity index (χ0v) is 12.7. The molecule has 1 saturated heterocycles. The molecule has 4 heterocycles. The molecule has 1 atom stereocenters. The standard InChI is InChI=1S/C17H13N5O2/c23-16-14(21-15-11(20-16)7-18-8-19-15)9-3-1-4-10-13(9)12-5-2-6-22(12)17(10)24/h1,3-4,7-8,12H,2,5-6H2,(H,20,23). The first-order chi connectivity index (χ1) is 11.7. The number of nitrogens with zero attached hydrogens (tertiary/aromatic N) is 4. The molecule has 1 unspecified atom stereocenters. The summed E-state index contributed by atoms with van der Waals surface area (Å²) < 4.78 is 0. The molecule has 0 spiro atoms. The molecule has 5 rings (SSSR count).